The molecule has 0 aliphatic heterocycles. The Bertz CT molecular complexity index is 987. The number of aryl methyl sites for hydroxylation is 1. The molecule has 26 heavy (non-hydrogen) atoms. The fourth-order valence-corrected chi connectivity index (χ4v) is 3.77. The molecule has 0 radical (unpaired) electrons. The molecule has 1 aromatic heterocycles. The van der Waals surface area contributed by atoms with Crippen LogP contribution in [-0.4, -0.2) is 17.1 Å². The van der Waals surface area contributed by atoms with Crippen molar-refractivity contribution in [2.45, 2.75) is 6.92 Å². The number of hydrogen-bond acceptors (Lipinski definition) is 4. The molecule has 3 aromatic rings. The molecule has 1 amide bonds. The van der Waals surface area contributed by atoms with Crippen LogP contribution in [0.25, 0.3) is 10.6 Å². The molecule has 1 heterocycles. The average Bonchev–Trinajstić information content (AvgIpc) is 3.04. The van der Waals surface area contributed by atoms with E-state index in [4.69, 9.17) is 34.8 Å². The van der Waals surface area contributed by atoms with E-state index in [-0.39, 0.29) is 10.9 Å². The first-order chi connectivity index (χ1) is 12.5. The van der Waals surface area contributed by atoms with Crippen LogP contribution in [0.3, 0.4) is 0 Å². The monoisotopic (exact) mass is 423 g/mol. The number of nitrogens with one attached hydrogen (secondary N) is 1. The van der Waals surface area contributed by atoms with Crippen LogP contribution < -0.4 is 5.43 Å². The topological polar surface area (TPSA) is 54.4 Å². The number of thiazole rings is 1. The second kappa shape index (κ2) is 8.18. The largest absolute Gasteiger partial charge is 0.283 e. The molecule has 3 rings (SSSR count). The minimum atomic E-state index is -0.354. The van der Waals surface area contributed by atoms with Crippen molar-refractivity contribution >= 4 is 58.3 Å². The van der Waals surface area contributed by atoms with Crippen molar-refractivity contribution in [3.05, 3.63) is 73.7 Å². The maximum atomic E-state index is 12.4. The maximum absolute atomic E-state index is 12.4. The Kier molecular flexibility index (Phi) is 5.94. The molecule has 0 bridgehead atoms. The number of carbonyl (C=O) groups is 1. The lowest BCUT2D eigenvalue weighted by atomic mass is 10.2. The lowest BCUT2D eigenvalue weighted by Crippen LogP contribution is -2.17. The minimum Gasteiger partial charge on any atom is -0.266 e. The van der Waals surface area contributed by atoms with E-state index in [1.54, 1.807) is 19.1 Å². The van der Waals surface area contributed by atoms with Crippen LogP contribution in [0.5, 0.6) is 0 Å². The zero-order chi connectivity index (χ0) is 18.7. The number of amides is 1. The molecule has 0 fully saturated rings. The van der Waals surface area contributed by atoms with Crippen molar-refractivity contribution in [3.8, 4) is 10.6 Å². The third kappa shape index (κ3) is 4.07. The molecule has 0 unspecified atom stereocenters. The van der Waals surface area contributed by atoms with Gasteiger partial charge in [0.25, 0.3) is 5.91 Å². The van der Waals surface area contributed by atoms with E-state index in [0.717, 1.165) is 10.6 Å². The highest BCUT2D eigenvalue weighted by atomic mass is 35.5. The summed E-state index contributed by atoms with van der Waals surface area (Å²) in [5.41, 5.74) is 4.50. The van der Waals surface area contributed by atoms with E-state index in [1.807, 2.05) is 30.3 Å². The third-order valence-corrected chi connectivity index (χ3v) is 5.82. The summed E-state index contributed by atoms with van der Waals surface area (Å²) in [5.74, 6) is -0.354. The first kappa shape index (κ1) is 18.9. The number of nitrogens with zero attached hydrogens (tertiary/aromatic N) is 2. The maximum Gasteiger partial charge on any atom is 0.283 e. The molecule has 2 aromatic carbocycles. The summed E-state index contributed by atoms with van der Waals surface area (Å²) in [7, 11) is 0. The van der Waals surface area contributed by atoms with Crippen molar-refractivity contribution in [2.24, 2.45) is 5.10 Å². The molecule has 0 atom stereocenters. The highest BCUT2D eigenvalue weighted by Gasteiger charge is 2.16. The average molecular weight is 425 g/mol. The van der Waals surface area contributed by atoms with Crippen molar-refractivity contribution in [1.82, 2.24) is 10.4 Å². The molecule has 0 saturated heterocycles. The van der Waals surface area contributed by atoms with Crippen molar-refractivity contribution in [2.75, 3.05) is 0 Å². The summed E-state index contributed by atoms with van der Waals surface area (Å²) in [4.78, 5) is 17.3. The van der Waals surface area contributed by atoms with E-state index in [2.05, 4.69) is 15.5 Å². The number of hydrogen-bond donors (Lipinski definition) is 1. The van der Waals surface area contributed by atoms with Crippen LogP contribution in [0.15, 0.2) is 47.6 Å². The van der Waals surface area contributed by atoms with Gasteiger partial charge in [0.1, 0.15) is 9.88 Å². The fraction of sp³-hybridized carbons (Fsp3) is 0.0556. The fourth-order valence-electron chi connectivity index (χ4n) is 2.18. The number of aromatic nitrogens is 1. The summed E-state index contributed by atoms with van der Waals surface area (Å²) in [6, 6.07) is 12.9. The summed E-state index contributed by atoms with van der Waals surface area (Å²) in [6.45, 7) is 1.78. The van der Waals surface area contributed by atoms with Crippen molar-refractivity contribution in [1.29, 1.82) is 0 Å². The summed E-state index contributed by atoms with van der Waals surface area (Å²) >= 11 is 19.4. The second-order valence-electron chi connectivity index (χ2n) is 5.26. The summed E-state index contributed by atoms with van der Waals surface area (Å²) in [5, 5.41) is 5.73. The Hall–Kier alpha value is -1.92. The molecule has 0 saturated carbocycles. The third-order valence-electron chi connectivity index (χ3n) is 3.46. The molecule has 1 N–H and O–H groups in total. The van der Waals surface area contributed by atoms with Gasteiger partial charge >= 0.3 is 0 Å². The lowest BCUT2D eigenvalue weighted by Gasteiger charge is -2.03. The van der Waals surface area contributed by atoms with E-state index >= 15 is 0 Å². The van der Waals surface area contributed by atoms with Gasteiger partial charge in [-0.2, -0.15) is 5.10 Å². The standard InChI is InChI=1S/C18H12Cl3N3OS/c1-10-16(26-18(23-10)11-5-3-2-4-6-11)17(25)24-22-9-12-13(19)7-8-14(20)15(12)21/h2-9H,1H3,(H,24,25)/b22-9+. The number of rotatable bonds is 4. The van der Waals surface area contributed by atoms with Crippen LogP contribution in [0.2, 0.25) is 15.1 Å². The highest BCUT2D eigenvalue weighted by molar-refractivity contribution is 7.17. The van der Waals surface area contributed by atoms with E-state index in [9.17, 15) is 4.79 Å². The molecule has 0 aliphatic rings. The van der Waals surface area contributed by atoms with Crippen LogP contribution in [0, 0.1) is 6.92 Å². The zero-order valence-corrected chi connectivity index (χ0v) is 16.5. The number of hydrazone groups is 1. The molecule has 0 aliphatic carbocycles. The highest BCUT2D eigenvalue weighted by Crippen LogP contribution is 2.30. The van der Waals surface area contributed by atoms with Crippen LogP contribution >= 0.6 is 46.1 Å². The molecular formula is C18H12Cl3N3OS. The second-order valence-corrected chi connectivity index (χ2v) is 7.45. The molecule has 0 spiro atoms. The Labute approximate surface area is 169 Å². The first-order valence-electron chi connectivity index (χ1n) is 7.47. The van der Waals surface area contributed by atoms with Gasteiger partial charge in [0, 0.05) is 11.1 Å². The normalized spacial score (nSPS) is 11.1. The predicted octanol–water partition coefficient (Wildman–Crippen LogP) is 5.84. The number of carbonyl (C=O) groups excluding carboxylic acids is 1. The Balaban J connectivity index is 1.77. The van der Waals surface area contributed by atoms with E-state index in [1.165, 1.54) is 17.6 Å². The number of benzene rings is 2. The van der Waals surface area contributed by atoms with Gasteiger partial charge in [0.05, 0.1) is 27.0 Å². The van der Waals surface area contributed by atoms with Gasteiger partial charge in [-0.3, -0.25) is 4.79 Å². The van der Waals surface area contributed by atoms with E-state index < -0.39 is 0 Å². The smallest absolute Gasteiger partial charge is 0.266 e. The van der Waals surface area contributed by atoms with Crippen molar-refractivity contribution in [3.63, 3.8) is 0 Å². The SMILES string of the molecule is Cc1nc(-c2ccccc2)sc1C(=O)N/N=C/c1c(Cl)ccc(Cl)c1Cl. The Morgan fingerprint density at radius 1 is 1.12 bits per heavy atom. The Morgan fingerprint density at radius 2 is 1.81 bits per heavy atom. The Morgan fingerprint density at radius 3 is 2.54 bits per heavy atom. The molecule has 4 nitrogen and oxygen atoms in total. The van der Waals surface area contributed by atoms with Gasteiger partial charge in [0.2, 0.25) is 0 Å². The van der Waals surface area contributed by atoms with Crippen molar-refractivity contribution < 1.29 is 4.79 Å². The first-order valence-corrected chi connectivity index (χ1v) is 9.42. The van der Waals surface area contributed by atoms with Gasteiger partial charge in [-0.1, -0.05) is 65.1 Å². The van der Waals surface area contributed by atoms with Gasteiger partial charge in [-0.25, -0.2) is 10.4 Å². The number of halogens is 3. The zero-order valence-electron chi connectivity index (χ0n) is 13.5. The van der Waals surface area contributed by atoms with Crippen LogP contribution in [0.1, 0.15) is 20.9 Å². The molecular weight excluding hydrogens is 413 g/mol. The molecule has 132 valence electrons. The van der Waals surface area contributed by atoms with Crippen LogP contribution in [-0.2, 0) is 0 Å². The molecule has 8 heteroatoms. The van der Waals surface area contributed by atoms with Gasteiger partial charge in [-0.15, -0.1) is 11.3 Å². The van der Waals surface area contributed by atoms with E-state index in [0.29, 0.717) is 26.2 Å². The van der Waals surface area contributed by atoms with Gasteiger partial charge < -0.3 is 0 Å². The van der Waals surface area contributed by atoms with Gasteiger partial charge in [0.15, 0.2) is 0 Å². The summed E-state index contributed by atoms with van der Waals surface area (Å²) in [6.07, 6.45) is 1.36. The van der Waals surface area contributed by atoms with Crippen LogP contribution in [0.4, 0.5) is 0 Å². The van der Waals surface area contributed by atoms with Gasteiger partial charge in [-0.05, 0) is 19.1 Å². The minimum absolute atomic E-state index is 0.275. The lowest BCUT2D eigenvalue weighted by molar-refractivity contribution is 0.0958. The predicted molar refractivity (Wildman–Crippen MR) is 109 cm³/mol. The quantitative estimate of drug-likeness (QED) is 0.325. The summed E-state index contributed by atoms with van der Waals surface area (Å²) < 4.78 is 0.